The Kier molecular flexibility index (Phi) is 6.21. The molecule has 4 heterocycles. The molecule has 9 nitrogen and oxygen atoms in total. The maximum atomic E-state index is 13.4. The Labute approximate surface area is 208 Å². The van der Waals surface area contributed by atoms with Crippen molar-refractivity contribution in [3.8, 4) is 0 Å². The normalized spacial score (nSPS) is 21.5. The number of nitrogens with one attached hydrogen (secondary N) is 2. The van der Waals surface area contributed by atoms with Gasteiger partial charge in [-0.25, -0.2) is 14.4 Å². The van der Waals surface area contributed by atoms with Gasteiger partial charge in [-0.05, 0) is 37.6 Å². The molecule has 10 heteroatoms. The highest BCUT2D eigenvalue weighted by atomic mass is 19.1. The van der Waals surface area contributed by atoms with Crippen LogP contribution in [-0.2, 0) is 9.53 Å². The fourth-order valence-electron chi connectivity index (χ4n) is 5.06. The summed E-state index contributed by atoms with van der Waals surface area (Å²) < 4.78 is 19.0. The zero-order chi connectivity index (χ0) is 25.4. The van der Waals surface area contributed by atoms with E-state index < -0.39 is 5.54 Å². The molecule has 2 N–H and O–H groups in total. The van der Waals surface area contributed by atoms with Crippen LogP contribution >= 0.6 is 0 Å². The van der Waals surface area contributed by atoms with Gasteiger partial charge in [0.2, 0.25) is 5.91 Å². The van der Waals surface area contributed by atoms with Gasteiger partial charge in [-0.1, -0.05) is 18.7 Å². The second kappa shape index (κ2) is 9.34. The van der Waals surface area contributed by atoms with E-state index in [4.69, 9.17) is 9.72 Å². The molecule has 0 spiro atoms. The molecule has 3 aromatic rings. The first-order chi connectivity index (χ1) is 17.3. The molecule has 2 unspecified atom stereocenters. The van der Waals surface area contributed by atoms with Gasteiger partial charge in [0.25, 0.3) is 5.91 Å². The van der Waals surface area contributed by atoms with Crippen LogP contribution in [0.3, 0.4) is 0 Å². The van der Waals surface area contributed by atoms with E-state index in [0.29, 0.717) is 55.4 Å². The second-order valence-electron chi connectivity index (χ2n) is 9.83. The van der Waals surface area contributed by atoms with Crippen LogP contribution in [0, 0.1) is 5.82 Å². The van der Waals surface area contributed by atoms with Crippen molar-refractivity contribution in [2.75, 3.05) is 37.7 Å². The number of benzene rings is 1. The van der Waals surface area contributed by atoms with Crippen molar-refractivity contribution in [3.05, 3.63) is 66.3 Å². The topological polar surface area (TPSA) is 103 Å². The van der Waals surface area contributed by atoms with Crippen molar-refractivity contribution >= 4 is 28.8 Å². The molecule has 0 saturated carbocycles. The predicted molar refractivity (Wildman–Crippen MR) is 133 cm³/mol. The Balaban J connectivity index is 1.35. The van der Waals surface area contributed by atoms with Crippen LogP contribution in [0.2, 0.25) is 0 Å². The summed E-state index contributed by atoms with van der Waals surface area (Å²) in [5.74, 6) is -0.109. The summed E-state index contributed by atoms with van der Waals surface area (Å²) in [6.45, 7) is 10.1. The van der Waals surface area contributed by atoms with E-state index in [-0.39, 0.29) is 29.6 Å². The Morgan fingerprint density at radius 1 is 1.25 bits per heavy atom. The van der Waals surface area contributed by atoms with Crippen molar-refractivity contribution in [1.82, 2.24) is 25.2 Å². The molecular weight excluding hydrogens is 463 g/mol. The molecule has 1 aromatic carbocycles. The number of hydrogen-bond donors (Lipinski definition) is 2. The molecular formula is C26H29FN6O3. The van der Waals surface area contributed by atoms with E-state index >= 15 is 0 Å². The summed E-state index contributed by atoms with van der Waals surface area (Å²) in [5, 5.41) is 3.06. The van der Waals surface area contributed by atoms with Crippen LogP contribution < -0.4 is 10.2 Å². The molecule has 2 saturated heterocycles. The molecule has 36 heavy (non-hydrogen) atoms. The molecule has 5 rings (SSSR count). The minimum absolute atomic E-state index is 0.0711. The van der Waals surface area contributed by atoms with E-state index in [9.17, 15) is 14.0 Å². The summed E-state index contributed by atoms with van der Waals surface area (Å²) in [6.07, 6.45) is 4.62. The monoisotopic (exact) mass is 492 g/mol. The van der Waals surface area contributed by atoms with Gasteiger partial charge in [-0.3, -0.25) is 9.59 Å². The largest absolute Gasteiger partial charge is 0.379 e. The highest BCUT2D eigenvalue weighted by Crippen LogP contribution is 2.28. The zero-order valence-corrected chi connectivity index (χ0v) is 20.3. The molecule has 2 atom stereocenters. The summed E-state index contributed by atoms with van der Waals surface area (Å²) >= 11 is 0. The Morgan fingerprint density at radius 3 is 2.75 bits per heavy atom. The molecule has 2 amide bonds. The van der Waals surface area contributed by atoms with Crippen molar-refractivity contribution in [2.24, 2.45) is 0 Å². The number of halogens is 1. The van der Waals surface area contributed by atoms with Crippen molar-refractivity contribution in [1.29, 1.82) is 0 Å². The van der Waals surface area contributed by atoms with Crippen LogP contribution in [-0.4, -0.2) is 76.1 Å². The number of ether oxygens (including phenoxy) is 1. The van der Waals surface area contributed by atoms with E-state index in [1.807, 2.05) is 13.8 Å². The number of aromatic nitrogens is 3. The number of H-pyrrole nitrogens is 1. The summed E-state index contributed by atoms with van der Waals surface area (Å²) in [7, 11) is 0. The molecule has 2 aromatic heterocycles. The SMILES string of the molecule is C=CC(=O)N1CCN(c2cnc3[nH]cc(C(=O)NC4COCC4c4ccc(F)cc4)c3n2)CC1(C)C. The summed E-state index contributed by atoms with van der Waals surface area (Å²) in [4.78, 5) is 41.7. The number of fused-ring (bicyclic) bond motifs is 1. The predicted octanol–water partition coefficient (Wildman–Crippen LogP) is 2.62. The quantitative estimate of drug-likeness (QED) is 0.531. The van der Waals surface area contributed by atoms with E-state index in [0.717, 1.165) is 5.56 Å². The van der Waals surface area contributed by atoms with Gasteiger partial charge in [0.15, 0.2) is 5.65 Å². The van der Waals surface area contributed by atoms with Gasteiger partial charge in [0.1, 0.15) is 17.2 Å². The Bertz CT molecular complexity index is 1300. The van der Waals surface area contributed by atoms with Crippen LogP contribution in [0.15, 0.2) is 49.3 Å². The van der Waals surface area contributed by atoms with Gasteiger partial charge in [-0.2, -0.15) is 0 Å². The van der Waals surface area contributed by atoms with Gasteiger partial charge >= 0.3 is 0 Å². The lowest BCUT2D eigenvalue weighted by Gasteiger charge is -2.47. The second-order valence-corrected chi connectivity index (χ2v) is 9.83. The number of amides is 2. The number of nitrogens with zero attached hydrogens (tertiary/aromatic N) is 4. The first-order valence-electron chi connectivity index (χ1n) is 11.9. The first kappa shape index (κ1) is 23.9. The maximum Gasteiger partial charge on any atom is 0.255 e. The molecule has 2 aliphatic rings. The molecule has 2 fully saturated rings. The van der Waals surface area contributed by atoms with E-state index in [1.165, 1.54) is 18.2 Å². The van der Waals surface area contributed by atoms with Gasteiger partial charge in [0, 0.05) is 31.7 Å². The number of anilines is 1. The van der Waals surface area contributed by atoms with Gasteiger partial charge in [0.05, 0.1) is 36.6 Å². The molecule has 0 radical (unpaired) electrons. The number of carbonyl (C=O) groups excluding carboxylic acids is 2. The van der Waals surface area contributed by atoms with Crippen molar-refractivity contribution < 1.29 is 18.7 Å². The summed E-state index contributed by atoms with van der Waals surface area (Å²) in [6, 6.07) is 6.03. The lowest BCUT2D eigenvalue weighted by atomic mass is 9.94. The highest BCUT2D eigenvalue weighted by molar-refractivity contribution is 6.04. The number of piperazine rings is 1. The average Bonchev–Trinajstić information content (AvgIpc) is 3.50. The minimum Gasteiger partial charge on any atom is -0.379 e. The van der Waals surface area contributed by atoms with E-state index in [2.05, 4.69) is 26.8 Å². The average molecular weight is 493 g/mol. The Morgan fingerprint density at radius 2 is 2.03 bits per heavy atom. The lowest BCUT2D eigenvalue weighted by Crippen LogP contribution is -2.61. The first-order valence-corrected chi connectivity index (χ1v) is 11.9. The van der Waals surface area contributed by atoms with Gasteiger partial charge in [-0.15, -0.1) is 0 Å². The lowest BCUT2D eigenvalue weighted by molar-refractivity contribution is -0.131. The fourth-order valence-corrected chi connectivity index (χ4v) is 5.06. The third kappa shape index (κ3) is 4.44. The zero-order valence-electron chi connectivity index (χ0n) is 20.3. The highest BCUT2D eigenvalue weighted by Gasteiger charge is 2.37. The number of carbonyl (C=O) groups is 2. The van der Waals surface area contributed by atoms with Crippen molar-refractivity contribution in [2.45, 2.75) is 31.3 Å². The van der Waals surface area contributed by atoms with Crippen LogP contribution in [0.5, 0.6) is 0 Å². The molecule has 2 aliphatic heterocycles. The van der Waals surface area contributed by atoms with Gasteiger partial charge < -0.3 is 24.8 Å². The van der Waals surface area contributed by atoms with Crippen molar-refractivity contribution in [3.63, 3.8) is 0 Å². The Hall–Kier alpha value is -3.79. The smallest absolute Gasteiger partial charge is 0.255 e. The molecule has 188 valence electrons. The maximum absolute atomic E-state index is 13.4. The van der Waals surface area contributed by atoms with Crippen LogP contribution in [0.4, 0.5) is 10.2 Å². The van der Waals surface area contributed by atoms with Crippen LogP contribution in [0.25, 0.3) is 11.2 Å². The third-order valence-electron chi connectivity index (χ3n) is 6.97. The number of aromatic amines is 1. The number of rotatable bonds is 5. The van der Waals surface area contributed by atoms with E-state index in [1.54, 1.807) is 29.4 Å². The number of hydrogen-bond acceptors (Lipinski definition) is 6. The third-order valence-corrected chi connectivity index (χ3v) is 6.97. The fraction of sp³-hybridized carbons (Fsp3) is 0.385. The molecule has 0 aliphatic carbocycles. The molecule has 0 bridgehead atoms. The minimum atomic E-state index is -0.420. The summed E-state index contributed by atoms with van der Waals surface area (Å²) in [5.41, 5.74) is 1.88. The standard InChI is InChI=1S/C26H29FN6O3/c1-4-22(34)33-10-9-32(15-26(33,2)3)21-12-29-24-23(31-21)18(11-28-24)25(35)30-20-14-36-13-19(20)16-5-7-17(27)8-6-16/h4-8,11-12,19-20H,1,9-10,13-15H2,2-3H3,(H,28,29)(H,30,35). The van der Waals surface area contributed by atoms with Crippen LogP contribution in [0.1, 0.15) is 35.7 Å².